The van der Waals surface area contributed by atoms with Gasteiger partial charge >= 0.3 is 6.18 Å². The standard InChI is InChI=1S/C16H10F6N2/c1-6-3-7(2)14-8(4-6)5-9-11(17)10(16(20,21)22)12(18)13(19)15(9)24-23-14/h3-4H,5H2,1-2H3. The van der Waals surface area contributed by atoms with Crippen molar-refractivity contribution in [2.24, 2.45) is 10.2 Å². The maximum atomic E-state index is 14.3. The van der Waals surface area contributed by atoms with Crippen molar-refractivity contribution in [3.05, 3.63) is 57.4 Å². The van der Waals surface area contributed by atoms with Crippen LogP contribution in [0.3, 0.4) is 0 Å². The number of azo groups is 1. The van der Waals surface area contributed by atoms with Gasteiger partial charge in [0.2, 0.25) is 0 Å². The van der Waals surface area contributed by atoms with Crippen LogP contribution in [0.1, 0.15) is 27.8 Å². The zero-order valence-corrected chi connectivity index (χ0v) is 12.5. The summed E-state index contributed by atoms with van der Waals surface area (Å²) in [5, 5.41) is 7.24. The second-order valence-electron chi connectivity index (χ2n) is 5.61. The van der Waals surface area contributed by atoms with Crippen molar-refractivity contribution in [1.29, 1.82) is 0 Å². The Morgan fingerprint density at radius 2 is 1.50 bits per heavy atom. The van der Waals surface area contributed by atoms with Crippen molar-refractivity contribution in [2.45, 2.75) is 26.4 Å². The Hall–Kier alpha value is -2.38. The van der Waals surface area contributed by atoms with Gasteiger partial charge in [-0.05, 0) is 25.0 Å². The molecule has 2 aromatic carbocycles. The van der Waals surface area contributed by atoms with Crippen molar-refractivity contribution in [1.82, 2.24) is 0 Å². The summed E-state index contributed by atoms with van der Waals surface area (Å²) >= 11 is 0. The lowest BCUT2D eigenvalue weighted by Gasteiger charge is -2.15. The zero-order chi connectivity index (χ0) is 17.8. The maximum absolute atomic E-state index is 14.3. The molecule has 0 saturated carbocycles. The molecule has 0 amide bonds. The van der Waals surface area contributed by atoms with Crippen LogP contribution in [0.5, 0.6) is 0 Å². The fourth-order valence-electron chi connectivity index (χ4n) is 2.83. The van der Waals surface area contributed by atoms with Crippen LogP contribution in [0, 0.1) is 31.3 Å². The molecule has 3 rings (SSSR count). The van der Waals surface area contributed by atoms with Crippen LogP contribution in [-0.2, 0) is 12.6 Å². The van der Waals surface area contributed by atoms with E-state index in [1.807, 2.05) is 0 Å². The predicted molar refractivity (Wildman–Crippen MR) is 74.2 cm³/mol. The van der Waals surface area contributed by atoms with Gasteiger partial charge in [0.1, 0.15) is 17.1 Å². The lowest BCUT2D eigenvalue weighted by Crippen LogP contribution is -2.15. The van der Waals surface area contributed by atoms with Crippen LogP contribution >= 0.6 is 0 Å². The van der Waals surface area contributed by atoms with E-state index in [0.717, 1.165) is 5.56 Å². The topological polar surface area (TPSA) is 24.7 Å². The molecule has 126 valence electrons. The zero-order valence-electron chi connectivity index (χ0n) is 12.5. The molecule has 8 heteroatoms. The van der Waals surface area contributed by atoms with E-state index >= 15 is 0 Å². The first-order chi connectivity index (χ1) is 11.1. The molecular formula is C16H10F6N2. The number of hydrogen-bond acceptors (Lipinski definition) is 2. The van der Waals surface area contributed by atoms with Crippen molar-refractivity contribution < 1.29 is 26.3 Å². The molecule has 1 aliphatic heterocycles. The lowest BCUT2D eigenvalue weighted by molar-refractivity contribution is -0.142. The molecule has 24 heavy (non-hydrogen) atoms. The first kappa shape index (κ1) is 16.5. The normalized spacial score (nSPS) is 13.5. The number of rotatable bonds is 0. The molecule has 2 nitrogen and oxygen atoms in total. The van der Waals surface area contributed by atoms with Crippen LogP contribution in [0.2, 0.25) is 0 Å². The molecule has 1 aliphatic rings. The Balaban J connectivity index is 2.33. The van der Waals surface area contributed by atoms with Gasteiger partial charge < -0.3 is 0 Å². The number of alkyl halides is 3. The molecule has 0 spiro atoms. The van der Waals surface area contributed by atoms with Crippen LogP contribution in [0.4, 0.5) is 37.7 Å². The van der Waals surface area contributed by atoms with Crippen molar-refractivity contribution in [3.8, 4) is 0 Å². The Bertz CT molecular complexity index is 884. The van der Waals surface area contributed by atoms with E-state index in [1.165, 1.54) is 0 Å². The summed E-state index contributed by atoms with van der Waals surface area (Å²) in [6, 6.07) is 3.35. The Labute approximate surface area is 132 Å². The van der Waals surface area contributed by atoms with Gasteiger partial charge in [0, 0.05) is 12.0 Å². The van der Waals surface area contributed by atoms with Crippen molar-refractivity contribution in [3.63, 3.8) is 0 Å². The van der Waals surface area contributed by atoms with Gasteiger partial charge in [0.05, 0.1) is 5.69 Å². The monoisotopic (exact) mass is 344 g/mol. The summed E-state index contributed by atoms with van der Waals surface area (Å²) in [7, 11) is 0. The first-order valence-corrected chi connectivity index (χ1v) is 6.89. The highest BCUT2D eigenvalue weighted by Gasteiger charge is 2.42. The highest BCUT2D eigenvalue weighted by Crippen LogP contribution is 2.43. The molecule has 1 heterocycles. The van der Waals surface area contributed by atoms with Crippen LogP contribution in [0.15, 0.2) is 22.4 Å². The van der Waals surface area contributed by atoms with E-state index in [0.29, 0.717) is 16.8 Å². The van der Waals surface area contributed by atoms with Gasteiger partial charge in [-0.15, -0.1) is 10.2 Å². The van der Waals surface area contributed by atoms with E-state index in [4.69, 9.17) is 0 Å². The molecule has 0 aromatic heterocycles. The molecular weight excluding hydrogens is 334 g/mol. The van der Waals surface area contributed by atoms with Gasteiger partial charge in [0.25, 0.3) is 0 Å². The summed E-state index contributed by atoms with van der Waals surface area (Å²) < 4.78 is 80.7. The van der Waals surface area contributed by atoms with Crippen LogP contribution < -0.4 is 0 Å². The minimum atomic E-state index is -5.36. The number of nitrogens with zero attached hydrogens (tertiary/aromatic N) is 2. The Kier molecular flexibility index (Phi) is 3.65. The van der Waals surface area contributed by atoms with Gasteiger partial charge in [-0.25, -0.2) is 13.2 Å². The lowest BCUT2D eigenvalue weighted by atomic mass is 9.95. The fraction of sp³-hybridized carbons (Fsp3) is 0.250. The third-order valence-corrected chi connectivity index (χ3v) is 3.81. The van der Waals surface area contributed by atoms with Gasteiger partial charge in [-0.3, -0.25) is 0 Å². The van der Waals surface area contributed by atoms with Crippen LogP contribution in [-0.4, -0.2) is 0 Å². The SMILES string of the molecule is Cc1cc(C)c2c(c1)Cc1c(F)c(C(F)(F)F)c(F)c(F)c1N=N2. The Morgan fingerprint density at radius 1 is 0.875 bits per heavy atom. The number of fused-ring (bicyclic) bond motifs is 2. The molecule has 0 N–H and O–H groups in total. The molecule has 0 fully saturated rings. The number of aryl methyl sites for hydroxylation is 2. The van der Waals surface area contributed by atoms with E-state index in [-0.39, 0.29) is 6.42 Å². The van der Waals surface area contributed by atoms with Gasteiger partial charge in [-0.1, -0.05) is 17.7 Å². The first-order valence-electron chi connectivity index (χ1n) is 6.89. The Morgan fingerprint density at radius 3 is 2.12 bits per heavy atom. The molecule has 2 aromatic rings. The van der Waals surface area contributed by atoms with E-state index in [1.54, 1.807) is 26.0 Å². The van der Waals surface area contributed by atoms with E-state index in [2.05, 4.69) is 10.2 Å². The molecule has 0 atom stereocenters. The summed E-state index contributed by atoms with van der Waals surface area (Å²) in [4.78, 5) is 0. The summed E-state index contributed by atoms with van der Waals surface area (Å²) in [5.74, 6) is -6.02. The second kappa shape index (κ2) is 5.32. The third kappa shape index (κ3) is 2.46. The van der Waals surface area contributed by atoms with E-state index in [9.17, 15) is 26.3 Å². The maximum Gasteiger partial charge on any atom is 0.422 e. The average molecular weight is 344 g/mol. The predicted octanol–water partition coefficient (Wildman–Crippen LogP) is 6.06. The third-order valence-electron chi connectivity index (χ3n) is 3.81. The average Bonchev–Trinajstić information content (AvgIpc) is 2.63. The van der Waals surface area contributed by atoms with Gasteiger partial charge in [-0.2, -0.15) is 13.2 Å². The van der Waals surface area contributed by atoms with Crippen molar-refractivity contribution >= 4 is 11.4 Å². The molecule has 0 saturated heterocycles. The molecule has 0 aliphatic carbocycles. The minimum absolute atomic E-state index is 0.310. The van der Waals surface area contributed by atoms with E-state index < -0.39 is 40.4 Å². The number of benzene rings is 2. The van der Waals surface area contributed by atoms with Crippen LogP contribution in [0.25, 0.3) is 0 Å². The fourth-order valence-corrected chi connectivity index (χ4v) is 2.83. The minimum Gasteiger partial charge on any atom is -0.206 e. The number of halogens is 6. The largest absolute Gasteiger partial charge is 0.422 e. The highest BCUT2D eigenvalue weighted by atomic mass is 19.4. The summed E-state index contributed by atoms with van der Waals surface area (Å²) in [6.07, 6.45) is -5.73. The molecule has 0 radical (unpaired) electrons. The molecule has 0 unspecified atom stereocenters. The highest BCUT2D eigenvalue weighted by molar-refractivity contribution is 5.62. The quantitative estimate of drug-likeness (QED) is 0.350. The van der Waals surface area contributed by atoms with Crippen molar-refractivity contribution in [2.75, 3.05) is 0 Å². The second-order valence-corrected chi connectivity index (χ2v) is 5.61. The smallest absolute Gasteiger partial charge is 0.206 e. The summed E-state index contributed by atoms with van der Waals surface area (Å²) in [5.41, 5.74) is -1.61. The van der Waals surface area contributed by atoms with Gasteiger partial charge in [0.15, 0.2) is 11.6 Å². The molecule has 0 bridgehead atoms. The number of hydrogen-bond donors (Lipinski definition) is 0. The summed E-state index contributed by atoms with van der Waals surface area (Å²) in [6.45, 7) is 3.44.